The molecule has 0 aromatic heterocycles. The molecule has 0 heterocycles. The third kappa shape index (κ3) is 19.5. The quantitative estimate of drug-likeness (QED) is 0.183. The van der Waals surface area contributed by atoms with Crippen molar-refractivity contribution in [3.63, 3.8) is 0 Å². The first-order chi connectivity index (χ1) is 7.54. The van der Waals surface area contributed by atoms with E-state index in [0.29, 0.717) is 0 Å². The number of benzene rings is 1. The minimum absolute atomic E-state index is 0. The summed E-state index contributed by atoms with van der Waals surface area (Å²) in [4.78, 5) is 18.2. The van der Waals surface area contributed by atoms with Crippen molar-refractivity contribution < 1.29 is 44.3 Å². The summed E-state index contributed by atoms with van der Waals surface area (Å²) in [6.07, 6.45) is 0. The van der Waals surface area contributed by atoms with E-state index in [0.717, 1.165) is 5.34 Å². The summed E-state index contributed by atoms with van der Waals surface area (Å²) in [7, 11) is 0. The van der Waals surface area contributed by atoms with Crippen molar-refractivity contribution in [2.45, 2.75) is 0 Å². The number of rotatable bonds is 1. The van der Waals surface area contributed by atoms with Gasteiger partial charge < -0.3 is 32.6 Å². The SMILES string of the molecule is N.N.O=C(O)c1ccccc1[O-].O=N[O-].O[As]O.[Pt+2]. The van der Waals surface area contributed by atoms with Gasteiger partial charge in [0.15, 0.2) is 0 Å². The van der Waals surface area contributed by atoms with Crippen LogP contribution < -0.4 is 17.4 Å². The Hall–Kier alpha value is -1.02. The minimum Gasteiger partial charge on any atom is 2.00 e. The van der Waals surface area contributed by atoms with E-state index in [1.807, 2.05) is 0 Å². The summed E-state index contributed by atoms with van der Waals surface area (Å²) in [6, 6.07) is 5.54. The third-order valence-electron chi connectivity index (χ3n) is 1.12. The van der Waals surface area contributed by atoms with Crippen LogP contribution in [0.1, 0.15) is 10.4 Å². The molecule has 1 rings (SSSR count). The van der Waals surface area contributed by atoms with Gasteiger partial charge in [0.25, 0.3) is 0 Å². The zero-order chi connectivity index (χ0) is 13.0. The van der Waals surface area contributed by atoms with Gasteiger partial charge in [0.2, 0.25) is 0 Å². The second-order valence-corrected chi connectivity index (χ2v) is 2.34. The maximum atomic E-state index is 10.7. The summed E-state index contributed by atoms with van der Waals surface area (Å²) >= 11 is -1.31. The van der Waals surface area contributed by atoms with Crippen LogP contribution in [0.4, 0.5) is 0 Å². The molecular formula is C7H13AsN3O7Pt. The normalized spacial score (nSPS) is 6.42. The maximum Gasteiger partial charge on any atom is 2.00 e. The summed E-state index contributed by atoms with van der Waals surface area (Å²) in [5, 5.41) is 28.0. The topological polar surface area (TPSA) is 223 Å². The van der Waals surface area contributed by atoms with Gasteiger partial charge in [-0.3, -0.25) is 0 Å². The van der Waals surface area contributed by atoms with Crippen molar-refractivity contribution in [2.24, 2.45) is 5.34 Å². The largest absolute Gasteiger partial charge is 2.00 e. The van der Waals surface area contributed by atoms with Gasteiger partial charge in [-0.05, 0) is 6.07 Å². The molecule has 0 bridgehead atoms. The molecule has 1 aromatic carbocycles. The zero-order valence-electron chi connectivity index (χ0n) is 9.41. The number of carbonyl (C=O) groups is 1. The van der Waals surface area contributed by atoms with E-state index in [2.05, 4.69) is 0 Å². The zero-order valence-corrected chi connectivity index (χ0v) is 13.6. The number of aromatic carboxylic acids is 1. The first-order valence-electron chi connectivity index (χ1n) is 3.47. The molecule has 1 radical (unpaired) electrons. The Kier molecular flexibility index (Phi) is 35.9. The molecule has 0 unspecified atom stereocenters. The molecule has 0 fully saturated rings. The monoisotopic (exact) mass is 521 g/mol. The van der Waals surface area contributed by atoms with E-state index in [1.165, 1.54) is 24.3 Å². The molecule has 19 heavy (non-hydrogen) atoms. The van der Waals surface area contributed by atoms with E-state index in [4.69, 9.17) is 23.4 Å². The second kappa shape index (κ2) is 22.2. The van der Waals surface area contributed by atoms with Crippen molar-refractivity contribution in [2.75, 3.05) is 0 Å². The van der Waals surface area contributed by atoms with Crippen LogP contribution in [0.25, 0.3) is 0 Å². The van der Waals surface area contributed by atoms with Gasteiger partial charge in [-0.1, -0.05) is 23.9 Å². The van der Waals surface area contributed by atoms with Crippen molar-refractivity contribution in [3.05, 3.63) is 39.9 Å². The molecule has 0 atom stereocenters. The molecule has 0 amide bonds. The fraction of sp³-hybridized carbons (Fsp3) is 0. The summed E-state index contributed by atoms with van der Waals surface area (Å²) in [6.45, 7) is 0. The predicted octanol–water partition coefficient (Wildman–Crippen LogP) is -0.464. The molecule has 0 aliphatic rings. The Balaban J connectivity index is -0.0000000635. The number of para-hydroxylation sites is 1. The van der Waals surface area contributed by atoms with Crippen LogP contribution in [-0.2, 0) is 21.1 Å². The van der Waals surface area contributed by atoms with Crippen molar-refractivity contribution >= 4 is 22.4 Å². The molecular weight excluding hydrogens is 508 g/mol. The van der Waals surface area contributed by atoms with Crippen molar-refractivity contribution in [1.29, 1.82) is 0 Å². The second-order valence-electron chi connectivity index (χ2n) is 1.97. The van der Waals surface area contributed by atoms with E-state index >= 15 is 0 Å². The van der Waals surface area contributed by atoms with E-state index < -0.39 is 28.2 Å². The molecule has 113 valence electrons. The molecule has 0 saturated carbocycles. The summed E-state index contributed by atoms with van der Waals surface area (Å²) < 4.78 is 14.4. The first kappa shape index (κ1) is 30.8. The minimum atomic E-state index is -1.31. The summed E-state index contributed by atoms with van der Waals surface area (Å²) in [5.41, 5.74) is -0.178. The van der Waals surface area contributed by atoms with Gasteiger partial charge in [-0.2, -0.15) is 0 Å². The van der Waals surface area contributed by atoms with Crippen molar-refractivity contribution in [1.82, 2.24) is 12.3 Å². The predicted molar refractivity (Wildman–Crippen MR) is 62.2 cm³/mol. The number of carboxylic acid groups (broad SMARTS) is 1. The Bertz CT molecular complexity index is 331. The first-order valence-corrected chi connectivity index (χ1v) is 5.15. The van der Waals surface area contributed by atoms with Crippen LogP contribution in [0.5, 0.6) is 5.75 Å². The van der Waals surface area contributed by atoms with Gasteiger partial charge >= 0.3 is 51.7 Å². The molecule has 0 aliphatic carbocycles. The standard InChI is InChI=1S/C7H6O3.AsH2O2.HNO2.2H3N.Pt/c8-6-4-2-1-3-5(6)7(9)10;2*2-1-3;;;/h1-4,8H,(H,9,10);2-3H;(H,2,3);2*1H3;/q;;;;;+2/p-2. The Morgan fingerprint density at radius 3 is 1.74 bits per heavy atom. The van der Waals surface area contributed by atoms with Crippen LogP contribution in [0.15, 0.2) is 29.6 Å². The van der Waals surface area contributed by atoms with E-state index in [-0.39, 0.29) is 38.9 Å². The Morgan fingerprint density at radius 2 is 1.53 bits per heavy atom. The smallest absolute Gasteiger partial charge is 2.00 e. The number of carboxylic acids is 1. The van der Waals surface area contributed by atoms with E-state index in [9.17, 15) is 9.90 Å². The Morgan fingerprint density at radius 1 is 1.21 bits per heavy atom. The number of hydrogen-bond donors (Lipinski definition) is 5. The van der Waals surface area contributed by atoms with Crippen LogP contribution in [0.2, 0.25) is 0 Å². The Labute approximate surface area is 130 Å². The van der Waals surface area contributed by atoms with Crippen LogP contribution >= 0.6 is 0 Å². The van der Waals surface area contributed by atoms with Gasteiger partial charge in [0.05, 0.1) is 5.56 Å². The summed E-state index contributed by atoms with van der Waals surface area (Å²) in [5.74, 6) is -1.62. The maximum absolute atomic E-state index is 10.7. The fourth-order valence-corrected chi connectivity index (χ4v) is 0.643. The number of nitrogens with zero attached hydrogens (tertiary/aromatic N) is 1. The molecule has 1 aromatic rings. The van der Waals surface area contributed by atoms with Gasteiger partial charge in [-0.15, -0.1) is 5.34 Å². The van der Waals surface area contributed by atoms with E-state index in [1.54, 1.807) is 0 Å². The van der Waals surface area contributed by atoms with Gasteiger partial charge in [-0.25, -0.2) is 4.79 Å². The van der Waals surface area contributed by atoms with Gasteiger partial charge in [0, 0.05) is 0 Å². The van der Waals surface area contributed by atoms with Crippen LogP contribution in [0, 0.1) is 10.1 Å². The average Bonchev–Trinajstić information content (AvgIpc) is 2.20. The molecule has 0 saturated heterocycles. The average molecular weight is 521 g/mol. The van der Waals surface area contributed by atoms with Gasteiger partial charge in [0.1, 0.15) is 0 Å². The molecule has 0 spiro atoms. The third-order valence-corrected chi connectivity index (χ3v) is 1.12. The fourth-order valence-electron chi connectivity index (χ4n) is 0.643. The van der Waals surface area contributed by atoms with Crippen LogP contribution in [0.3, 0.4) is 0 Å². The molecule has 12 heteroatoms. The molecule has 10 nitrogen and oxygen atoms in total. The van der Waals surface area contributed by atoms with Crippen molar-refractivity contribution in [3.8, 4) is 5.75 Å². The molecule has 9 N–H and O–H groups in total. The number of hydrogen-bond acceptors (Lipinski definition) is 9. The van der Waals surface area contributed by atoms with Crippen LogP contribution in [-0.4, -0.2) is 35.7 Å². The molecule has 0 aliphatic heterocycles.